The third kappa shape index (κ3) is 2.43. The molecule has 106 valence electrons. The minimum absolute atomic E-state index is 0.0131. The highest BCUT2D eigenvalue weighted by molar-refractivity contribution is 5.78. The SMILES string of the molecule is CCC(CC)c1nc2cc(C#N)ccc2n1C(C)(C)C. The van der Waals surface area contributed by atoms with E-state index in [0.29, 0.717) is 11.5 Å². The number of fused-ring (bicyclic) bond motifs is 1. The molecule has 0 N–H and O–H groups in total. The van der Waals surface area contributed by atoms with Crippen molar-refractivity contribution in [2.45, 2.75) is 58.9 Å². The standard InChI is InChI=1S/C17H23N3/c1-6-13(7-2)16-19-14-10-12(11-18)8-9-15(14)20(16)17(3,4)5/h8-10,13H,6-7H2,1-5H3. The van der Waals surface area contributed by atoms with Crippen LogP contribution in [0.15, 0.2) is 18.2 Å². The zero-order chi connectivity index (χ0) is 14.9. The van der Waals surface area contributed by atoms with Gasteiger partial charge >= 0.3 is 0 Å². The van der Waals surface area contributed by atoms with Gasteiger partial charge < -0.3 is 4.57 Å². The van der Waals surface area contributed by atoms with Gasteiger partial charge in [-0.1, -0.05) is 13.8 Å². The van der Waals surface area contributed by atoms with Crippen LogP contribution in [-0.2, 0) is 5.54 Å². The van der Waals surface area contributed by atoms with Gasteiger partial charge in [0.25, 0.3) is 0 Å². The van der Waals surface area contributed by atoms with E-state index in [-0.39, 0.29) is 5.54 Å². The first-order valence-corrected chi connectivity index (χ1v) is 7.35. The molecule has 0 aliphatic carbocycles. The van der Waals surface area contributed by atoms with E-state index in [1.165, 1.54) is 0 Å². The molecule has 1 aromatic carbocycles. The summed E-state index contributed by atoms with van der Waals surface area (Å²) in [4.78, 5) is 4.84. The number of hydrogen-bond acceptors (Lipinski definition) is 2. The molecule has 0 spiro atoms. The van der Waals surface area contributed by atoms with Crippen LogP contribution in [0.4, 0.5) is 0 Å². The van der Waals surface area contributed by atoms with E-state index in [9.17, 15) is 0 Å². The number of hydrogen-bond donors (Lipinski definition) is 0. The summed E-state index contributed by atoms with van der Waals surface area (Å²) in [6.07, 6.45) is 2.17. The second-order valence-corrected chi connectivity index (χ2v) is 6.30. The molecule has 2 aromatic rings. The van der Waals surface area contributed by atoms with Gasteiger partial charge in [-0.15, -0.1) is 0 Å². The maximum atomic E-state index is 9.05. The monoisotopic (exact) mass is 269 g/mol. The molecule has 3 nitrogen and oxygen atoms in total. The Kier molecular flexibility index (Phi) is 3.85. The van der Waals surface area contributed by atoms with E-state index in [0.717, 1.165) is 29.7 Å². The van der Waals surface area contributed by atoms with Gasteiger partial charge in [0, 0.05) is 11.5 Å². The molecule has 20 heavy (non-hydrogen) atoms. The highest BCUT2D eigenvalue weighted by Gasteiger charge is 2.25. The average Bonchev–Trinajstić information content (AvgIpc) is 2.77. The van der Waals surface area contributed by atoms with E-state index in [4.69, 9.17) is 10.2 Å². The molecule has 0 aliphatic rings. The molecule has 3 heteroatoms. The van der Waals surface area contributed by atoms with Crippen molar-refractivity contribution < 1.29 is 0 Å². The molecule has 1 heterocycles. The number of aromatic nitrogens is 2. The van der Waals surface area contributed by atoms with Crippen LogP contribution in [0.2, 0.25) is 0 Å². The van der Waals surface area contributed by atoms with Crippen molar-refractivity contribution in [3.05, 3.63) is 29.6 Å². The second-order valence-electron chi connectivity index (χ2n) is 6.30. The largest absolute Gasteiger partial charge is 0.322 e. The molecular weight excluding hydrogens is 246 g/mol. The van der Waals surface area contributed by atoms with Crippen LogP contribution in [0.25, 0.3) is 11.0 Å². The van der Waals surface area contributed by atoms with Crippen LogP contribution in [0, 0.1) is 11.3 Å². The number of rotatable bonds is 3. The van der Waals surface area contributed by atoms with E-state index in [1.54, 1.807) is 0 Å². The van der Waals surface area contributed by atoms with Crippen LogP contribution in [0.3, 0.4) is 0 Å². The normalized spacial score (nSPS) is 12.1. The zero-order valence-corrected chi connectivity index (χ0v) is 13.1. The Hall–Kier alpha value is -1.82. The fraction of sp³-hybridized carbons (Fsp3) is 0.529. The smallest absolute Gasteiger partial charge is 0.113 e. The summed E-state index contributed by atoms with van der Waals surface area (Å²) in [5, 5.41) is 9.05. The van der Waals surface area contributed by atoms with Crippen molar-refractivity contribution in [2.24, 2.45) is 0 Å². The van der Waals surface area contributed by atoms with Crippen LogP contribution in [0.5, 0.6) is 0 Å². The number of nitriles is 1. The Morgan fingerprint density at radius 3 is 2.40 bits per heavy atom. The molecule has 0 aliphatic heterocycles. The topological polar surface area (TPSA) is 41.6 Å². The Morgan fingerprint density at radius 2 is 1.90 bits per heavy atom. The number of nitrogens with zero attached hydrogens (tertiary/aromatic N) is 3. The Labute approximate surface area is 121 Å². The van der Waals surface area contributed by atoms with Crippen LogP contribution < -0.4 is 0 Å². The highest BCUT2D eigenvalue weighted by Crippen LogP contribution is 2.32. The summed E-state index contributed by atoms with van der Waals surface area (Å²) in [6.45, 7) is 11.0. The molecule has 0 radical (unpaired) electrons. The van der Waals surface area contributed by atoms with Crippen LogP contribution >= 0.6 is 0 Å². The van der Waals surface area contributed by atoms with E-state index >= 15 is 0 Å². The zero-order valence-electron chi connectivity index (χ0n) is 13.1. The van der Waals surface area contributed by atoms with Gasteiger partial charge in [-0.05, 0) is 51.8 Å². The van der Waals surface area contributed by atoms with Crippen molar-refractivity contribution in [3.63, 3.8) is 0 Å². The highest BCUT2D eigenvalue weighted by atomic mass is 15.1. The third-order valence-electron chi connectivity index (χ3n) is 3.83. The summed E-state index contributed by atoms with van der Waals surface area (Å²) < 4.78 is 2.33. The van der Waals surface area contributed by atoms with Crippen molar-refractivity contribution in [2.75, 3.05) is 0 Å². The van der Waals surface area contributed by atoms with Crippen molar-refractivity contribution in [1.82, 2.24) is 9.55 Å². The summed E-state index contributed by atoms with van der Waals surface area (Å²) in [5.41, 5.74) is 2.72. The maximum Gasteiger partial charge on any atom is 0.113 e. The lowest BCUT2D eigenvalue weighted by atomic mass is 10.00. The third-order valence-corrected chi connectivity index (χ3v) is 3.83. The first-order chi connectivity index (χ1) is 9.42. The number of benzene rings is 1. The quantitative estimate of drug-likeness (QED) is 0.819. The molecule has 0 atom stereocenters. The van der Waals surface area contributed by atoms with Gasteiger partial charge in [-0.3, -0.25) is 0 Å². The fourth-order valence-corrected chi connectivity index (χ4v) is 2.80. The van der Waals surface area contributed by atoms with Crippen molar-refractivity contribution >= 4 is 11.0 Å². The number of imidazole rings is 1. The van der Waals surface area contributed by atoms with Gasteiger partial charge in [0.15, 0.2) is 0 Å². The molecule has 1 aromatic heterocycles. The van der Waals surface area contributed by atoms with Crippen LogP contribution in [0.1, 0.15) is 64.8 Å². The predicted molar refractivity (Wildman–Crippen MR) is 82.8 cm³/mol. The summed E-state index contributed by atoms with van der Waals surface area (Å²) in [6, 6.07) is 7.99. The lowest BCUT2D eigenvalue weighted by Gasteiger charge is -2.27. The summed E-state index contributed by atoms with van der Waals surface area (Å²) >= 11 is 0. The summed E-state index contributed by atoms with van der Waals surface area (Å²) in [7, 11) is 0. The molecule has 2 rings (SSSR count). The Morgan fingerprint density at radius 1 is 1.25 bits per heavy atom. The molecule has 0 unspecified atom stereocenters. The Balaban J connectivity index is 2.76. The molecule has 0 bridgehead atoms. The first kappa shape index (κ1) is 14.6. The van der Waals surface area contributed by atoms with E-state index in [1.807, 2.05) is 18.2 Å². The fourth-order valence-electron chi connectivity index (χ4n) is 2.80. The first-order valence-electron chi connectivity index (χ1n) is 7.35. The average molecular weight is 269 g/mol. The van der Waals surface area contributed by atoms with Gasteiger partial charge in [0.2, 0.25) is 0 Å². The summed E-state index contributed by atoms with van der Waals surface area (Å²) in [5.74, 6) is 1.61. The predicted octanol–water partition coefficient (Wildman–Crippen LogP) is 4.57. The minimum atomic E-state index is -0.0131. The molecule has 0 saturated heterocycles. The van der Waals surface area contributed by atoms with Gasteiger partial charge in [-0.25, -0.2) is 4.98 Å². The van der Waals surface area contributed by atoms with Gasteiger partial charge in [0.05, 0.1) is 22.7 Å². The van der Waals surface area contributed by atoms with Crippen LogP contribution in [-0.4, -0.2) is 9.55 Å². The second kappa shape index (κ2) is 5.28. The lowest BCUT2D eigenvalue weighted by Crippen LogP contribution is -2.25. The Bertz CT molecular complexity index is 649. The van der Waals surface area contributed by atoms with Gasteiger partial charge in [0.1, 0.15) is 5.82 Å². The minimum Gasteiger partial charge on any atom is -0.322 e. The lowest BCUT2D eigenvalue weighted by molar-refractivity contribution is 0.378. The van der Waals surface area contributed by atoms with Crippen molar-refractivity contribution in [1.29, 1.82) is 5.26 Å². The maximum absolute atomic E-state index is 9.05. The molecular formula is C17H23N3. The van der Waals surface area contributed by atoms with Crippen molar-refractivity contribution in [3.8, 4) is 6.07 Å². The molecule has 0 fully saturated rings. The molecule has 0 saturated carbocycles. The van der Waals surface area contributed by atoms with Gasteiger partial charge in [-0.2, -0.15) is 5.26 Å². The van der Waals surface area contributed by atoms with E-state index in [2.05, 4.69) is 45.3 Å². The van der Waals surface area contributed by atoms with E-state index < -0.39 is 0 Å². The molecule has 0 amide bonds.